The molecule has 0 heterocycles. The molecule has 6 nitrogen and oxygen atoms in total. The van der Waals surface area contributed by atoms with Crippen molar-refractivity contribution in [2.75, 3.05) is 6.61 Å². The van der Waals surface area contributed by atoms with Crippen LogP contribution in [0.4, 0.5) is 4.39 Å². The van der Waals surface area contributed by atoms with Crippen molar-refractivity contribution in [2.45, 2.75) is 33.1 Å². The first kappa shape index (κ1) is 23.2. The number of aliphatic hydroxyl groups excluding tert-OH is 1. The fourth-order valence-corrected chi connectivity index (χ4v) is 3.44. The van der Waals surface area contributed by atoms with Crippen molar-refractivity contribution in [3.05, 3.63) is 59.4 Å². The Morgan fingerprint density at radius 3 is 2.23 bits per heavy atom. The number of carbonyl (C=O) groups excluding carboxylic acids is 1. The van der Waals surface area contributed by atoms with Crippen molar-refractivity contribution in [2.24, 2.45) is 11.3 Å². The van der Waals surface area contributed by atoms with Gasteiger partial charge < -0.3 is 15.3 Å². The average Bonchev–Trinajstić information content (AvgIpc) is 2.70. The summed E-state index contributed by atoms with van der Waals surface area (Å²) in [5, 5.41) is 27.8. The normalized spacial score (nSPS) is 14.0. The number of benzene rings is 2. The van der Waals surface area contributed by atoms with Crippen LogP contribution in [-0.4, -0.2) is 39.6 Å². The first-order chi connectivity index (χ1) is 14.1. The lowest BCUT2D eigenvalue weighted by Gasteiger charge is -2.27. The average molecular weight is 416 g/mol. The summed E-state index contributed by atoms with van der Waals surface area (Å²) in [5.41, 5.74) is 1.30. The van der Waals surface area contributed by atoms with Crippen molar-refractivity contribution in [1.29, 1.82) is 0 Å². The molecule has 160 valence electrons. The van der Waals surface area contributed by atoms with E-state index in [9.17, 15) is 29.0 Å². The van der Waals surface area contributed by atoms with E-state index in [2.05, 4.69) is 0 Å². The van der Waals surface area contributed by atoms with Crippen LogP contribution < -0.4 is 0 Å². The van der Waals surface area contributed by atoms with Gasteiger partial charge in [0, 0.05) is 12.0 Å². The number of Topliss-reactive ketones (excluding diaryl/α,β-unsaturated/α-hetero) is 1. The molecular weight excluding hydrogens is 391 g/mol. The van der Waals surface area contributed by atoms with E-state index in [0.29, 0.717) is 11.1 Å². The van der Waals surface area contributed by atoms with Crippen LogP contribution in [0.2, 0.25) is 0 Å². The number of hydrogen-bond donors (Lipinski definition) is 3. The molecule has 0 bridgehead atoms. The Kier molecular flexibility index (Phi) is 7.45. The van der Waals surface area contributed by atoms with Gasteiger partial charge >= 0.3 is 11.9 Å². The van der Waals surface area contributed by atoms with Gasteiger partial charge in [-0.05, 0) is 55.9 Å². The predicted molar refractivity (Wildman–Crippen MR) is 108 cm³/mol. The highest BCUT2D eigenvalue weighted by Gasteiger charge is 2.36. The van der Waals surface area contributed by atoms with Gasteiger partial charge in [0.1, 0.15) is 5.82 Å². The summed E-state index contributed by atoms with van der Waals surface area (Å²) in [6, 6.07) is 11.8. The van der Waals surface area contributed by atoms with Crippen LogP contribution in [0.15, 0.2) is 42.5 Å². The number of ketones is 1. The number of halogens is 1. The van der Waals surface area contributed by atoms with Crippen molar-refractivity contribution in [3.63, 3.8) is 0 Å². The lowest BCUT2D eigenvalue weighted by Crippen LogP contribution is -2.35. The molecule has 2 aromatic rings. The third-order valence-corrected chi connectivity index (χ3v) is 5.23. The van der Waals surface area contributed by atoms with Crippen LogP contribution in [-0.2, 0) is 20.8 Å². The second-order valence-electron chi connectivity index (χ2n) is 7.91. The number of aryl methyl sites for hydroxylation is 1. The Bertz CT molecular complexity index is 937. The summed E-state index contributed by atoms with van der Waals surface area (Å²) in [6.45, 7) is 2.59. The summed E-state index contributed by atoms with van der Waals surface area (Å²) in [5.74, 6) is -4.75. The van der Waals surface area contributed by atoms with Crippen molar-refractivity contribution in [3.8, 4) is 11.1 Å². The third-order valence-electron chi connectivity index (χ3n) is 5.23. The Morgan fingerprint density at radius 1 is 1.07 bits per heavy atom. The Balaban J connectivity index is 2.26. The minimum Gasteiger partial charge on any atom is -0.481 e. The molecule has 0 aliphatic rings. The van der Waals surface area contributed by atoms with Crippen LogP contribution in [0.3, 0.4) is 0 Å². The number of rotatable bonds is 10. The molecule has 7 heteroatoms. The van der Waals surface area contributed by atoms with Crippen LogP contribution in [0.5, 0.6) is 0 Å². The van der Waals surface area contributed by atoms with Gasteiger partial charge in [-0.2, -0.15) is 0 Å². The highest BCUT2D eigenvalue weighted by Crippen LogP contribution is 2.31. The maximum atomic E-state index is 14.1. The molecule has 0 spiro atoms. The van der Waals surface area contributed by atoms with E-state index in [1.54, 1.807) is 36.4 Å². The largest absolute Gasteiger partial charge is 0.481 e. The van der Waals surface area contributed by atoms with Crippen molar-refractivity contribution < 1.29 is 34.1 Å². The molecule has 2 aromatic carbocycles. The van der Waals surface area contributed by atoms with Gasteiger partial charge in [0.15, 0.2) is 0 Å². The highest BCUT2D eigenvalue weighted by atomic mass is 19.1. The third kappa shape index (κ3) is 5.73. The predicted octanol–water partition coefficient (Wildman–Crippen LogP) is 3.48. The SMILES string of the molecule is Cc1ccc(F)c(-c2ccc(C[C@@H](CC(=O)C(=O)O)C[C@@](C)(CO)C(=O)O)cc2)c1. The van der Waals surface area contributed by atoms with E-state index in [4.69, 9.17) is 5.11 Å². The Labute approximate surface area is 174 Å². The summed E-state index contributed by atoms with van der Waals surface area (Å²) < 4.78 is 14.1. The van der Waals surface area contributed by atoms with Gasteiger partial charge in [-0.1, -0.05) is 35.9 Å². The van der Waals surface area contributed by atoms with Crippen LogP contribution in [0.1, 0.15) is 30.9 Å². The molecule has 0 fully saturated rings. The standard InChI is InChI=1S/C23H25FO6/c1-14-3-8-19(24)18(9-14)17-6-4-15(5-7-17)10-16(11-20(26)21(27)28)12-23(2,13-25)22(29)30/h3-9,16,25H,10-13H2,1-2H3,(H,27,28)(H,29,30)/t16-,23-/m0/s1. The summed E-state index contributed by atoms with van der Waals surface area (Å²) in [6.07, 6.45) is -0.156. The molecule has 0 unspecified atom stereocenters. The summed E-state index contributed by atoms with van der Waals surface area (Å²) in [4.78, 5) is 34.2. The van der Waals surface area contributed by atoms with E-state index in [-0.39, 0.29) is 25.1 Å². The number of hydrogen-bond acceptors (Lipinski definition) is 4. The fourth-order valence-electron chi connectivity index (χ4n) is 3.44. The molecule has 0 saturated carbocycles. The smallest absolute Gasteiger partial charge is 0.372 e. The highest BCUT2D eigenvalue weighted by molar-refractivity contribution is 6.32. The van der Waals surface area contributed by atoms with Crippen LogP contribution in [0.25, 0.3) is 11.1 Å². The minimum atomic E-state index is -1.58. The van der Waals surface area contributed by atoms with Crippen molar-refractivity contribution >= 4 is 17.7 Å². The van der Waals surface area contributed by atoms with Gasteiger partial charge in [0.05, 0.1) is 12.0 Å². The monoisotopic (exact) mass is 416 g/mol. The molecule has 0 aliphatic carbocycles. The number of aliphatic carboxylic acids is 2. The van der Waals surface area contributed by atoms with E-state index < -0.39 is 35.7 Å². The topological polar surface area (TPSA) is 112 Å². The van der Waals surface area contributed by atoms with Gasteiger partial charge in [-0.3, -0.25) is 9.59 Å². The van der Waals surface area contributed by atoms with Crippen molar-refractivity contribution in [1.82, 2.24) is 0 Å². The van der Waals surface area contributed by atoms with E-state index in [1.807, 2.05) is 6.92 Å². The fraction of sp³-hybridized carbons (Fsp3) is 0.348. The molecule has 0 saturated heterocycles. The first-order valence-corrected chi connectivity index (χ1v) is 9.51. The maximum Gasteiger partial charge on any atom is 0.372 e. The van der Waals surface area contributed by atoms with Gasteiger partial charge in [0.2, 0.25) is 5.78 Å². The maximum absolute atomic E-state index is 14.1. The van der Waals surface area contributed by atoms with Gasteiger partial charge in [-0.15, -0.1) is 0 Å². The molecule has 0 aliphatic heterocycles. The molecule has 2 atom stereocenters. The van der Waals surface area contributed by atoms with Gasteiger partial charge in [0.25, 0.3) is 0 Å². The van der Waals surface area contributed by atoms with Crippen LogP contribution >= 0.6 is 0 Å². The Morgan fingerprint density at radius 2 is 1.70 bits per heavy atom. The van der Waals surface area contributed by atoms with E-state index in [1.165, 1.54) is 13.0 Å². The van der Waals surface area contributed by atoms with Crippen LogP contribution in [0, 0.1) is 24.1 Å². The zero-order chi connectivity index (χ0) is 22.5. The lowest BCUT2D eigenvalue weighted by molar-refractivity contribution is -0.152. The number of carboxylic acids is 2. The minimum absolute atomic E-state index is 0.0634. The molecule has 0 radical (unpaired) electrons. The molecule has 30 heavy (non-hydrogen) atoms. The van der Waals surface area contributed by atoms with E-state index in [0.717, 1.165) is 11.1 Å². The Hall–Kier alpha value is -3.06. The first-order valence-electron chi connectivity index (χ1n) is 9.51. The zero-order valence-corrected chi connectivity index (χ0v) is 16.9. The number of carbonyl (C=O) groups is 3. The second kappa shape index (κ2) is 9.63. The summed E-state index contributed by atoms with van der Waals surface area (Å²) in [7, 11) is 0. The zero-order valence-electron chi connectivity index (χ0n) is 16.9. The molecule has 2 rings (SSSR count). The molecule has 3 N–H and O–H groups in total. The summed E-state index contributed by atoms with van der Waals surface area (Å²) >= 11 is 0. The number of carboxylic acid groups (broad SMARTS) is 2. The lowest BCUT2D eigenvalue weighted by atomic mass is 9.77. The second-order valence-corrected chi connectivity index (χ2v) is 7.91. The molecular formula is C23H25FO6. The number of aliphatic hydroxyl groups is 1. The molecule has 0 aromatic heterocycles. The van der Waals surface area contributed by atoms with Gasteiger partial charge in [-0.25, -0.2) is 9.18 Å². The quantitative estimate of drug-likeness (QED) is 0.511. The van der Waals surface area contributed by atoms with E-state index >= 15 is 0 Å². The molecule has 0 amide bonds.